The van der Waals surface area contributed by atoms with Gasteiger partial charge >= 0.3 is 0 Å². The van der Waals surface area contributed by atoms with E-state index in [9.17, 15) is 14.9 Å². The normalized spacial score (nSPS) is 14.6. The van der Waals surface area contributed by atoms with Crippen LogP contribution in [0.1, 0.15) is 47.3 Å². The van der Waals surface area contributed by atoms with Crippen LogP contribution in [0.15, 0.2) is 42.5 Å². The maximum absolute atomic E-state index is 12.5. The molecule has 2 aromatic carbocycles. The molecular weight excluding hydrogens is 318 g/mol. The van der Waals surface area contributed by atoms with Gasteiger partial charge in [0.05, 0.1) is 11.0 Å². The molecule has 1 fully saturated rings. The fourth-order valence-corrected chi connectivity index (χ4v) is 2.82. The number of carbonyl (C=O) groups is 1. The first kappa shape index (κ1) is 17.0. The third kappa shape index (κ3) is 3.96. The summed E-state index contributed by atoms with van der Waals surface area (Å²) in [6.45, 7) is 3.89. The molecule has 0 saturated heterocycles. The standard InChI is InChI=1S/C19H21N3O3/c1-12-5-3-4-6-16(12)13(2)20-19(23)14-7-10-17(21-15-8-9-15)18(11-14)22(24)25/h3-7,10-11,13,15,21H,8-9H2,1-2H3,(H,20,23). The largest absolute Gasteiger partial charge is 0.377 e. The molecule has 25 heavy (non-hydrogen) atoms. The summed E-state index contributed by atoms with van der Waals surface area (Å²) >= 11 is 0. The number of nitro groups is 1. The molecule has 0 aromatic heterocycles. The highest BCUT2D eigenvalue weighted by atomic mass is 16.6. The van der Waals surface area contributed by atoms with E-state index in [4.69, 9.17) is 0 Å². The smallest absolute Gasteiger partial charge is 0.293 e. The van der Waals surface area contributed by atoms with Gasteiger partial charge in [-0.3, -0.25) is 14.9 Å². The van der Waals surface area contributed by atoms with E-state index in [0.29, 0.717) is 11.7 Å². The molecule has 1 aliphatic carbocycles. The third-order valence-corrected chi connectivity index (χ3v) is 4.40. The molecular formula is C19H21N3O3. The molecule has 0 radical (unpaired) electrons. The molecule has 0 bridgehead atoms. The molecule has 130 valence electrons. The van der Waals surface area contributed by atoms with E-state index in [1.165, 1.54) is 6.07 Å². The van der Waals surface area contributed by atoms with Gasteiger partial charge in [-0.05, 0) is 49.9 Å². The Morgan fingerprint density at radius 2 is 1.96 bits per heavy atom. The Labute approximate surface area is 146 Å². The molecule has 6 heteroatoms. The van der Waals surface area contributed by atoms with Gasteiger partial charge in [0.1, 0.15) is 5.69 Å². The molecule has 3 rings (SSSR count). The van der Waals surface area contributed by atoms with Crippen molar-refractivity contribution in [3.8, 4) is 0 Å². The summed E-state index contributed by atoms with van der Waals surface area (Å²) in [7, 11) is 0. The second-order valence-electron chi connectivity index (χ2n) is 6.46. The van der Waals surface area contributed by atoms with Gasteiger partial charge in [0.15, 0.2) is 0 Å². The Kier molecular flexibility index (Phi) is 4.70. The van der Waals surface area contributed by atoms with Gasteiger partial charge in [-0.2, -0.15) is 0 Å². The van der Waals surface area contributed by atoms with E-state index < -0.39 is 4.92 Å². The van der Waals surface area contributed by atoms with Crippen LogP contribution in [0, 0.1) is 17.0 Å². The van der Waals surface area contributed by atoms with Crippen LogP contribution in [-0.4, -0.2) is 16.9 Å². The van der Waals surface area contributed by atoms with E-state index in [0.717, 1.165) is 24.0 Å². The minimum absolute atomic E-state index is 0.0666. The van der Waals surface area contributed by atoms with Gasteiger partial charge in [-0.1, -0.05) is 24.3 Å². The maximum Gasteiger partial charge on any atom is 0.293 e. The van der Waals surface area contributed by atoms with Crippen molar-refractivity contribution in [2.45, 2.75) is 38.8 Å². The lowest BCUT2D eigenvalue weighted by Gasteiger charge is -2.17. The monoisotopic (exact) mass is 339 g/mol. The fourth-order valence-electron chi connectivity index (χ4n) is 2.82. The summed E-state index contributed by atoms with van der Waals surface area (Å²) in [6.07, 6.45) is 2.04. The number of hydrogen-bond acceptors (Lipinski definition) is 4. The molecule has 1 unspecified atom stereocenters. The van der Waals surface area contributed by atoms with Gasteiger partial charge in [0.25, 0.3) is 11.6 Å². The first-order valence-electron chi connectivity index (χ1n) is 8.37. The quantitative estimate of drug-likeness (QED) is 0.616. The highest BCUT2D eigenvalue weighted by molar-refractivity contribution is 5.96. The number of rotatable bonds is 6. The molecule has 0 spiro atoms. The van der Waals surface area contributed by atoms with Crippen LogP contribution < -0.4 is 10.6 Å². The summed E-state index contributed by atoms with van der Waals surface area (Å²) < 4.78 is 0. The molecule has 1 aliphatic rings. The lowest BCUT2D eigenvalue weighted by atomic mass is 10.0. The maximum atomic E-state index is 12.5. The zero-order chi connectivity index (χ0) is 18.0. The van der Waals surface area contributed by atoms with Gasteiger partial charge in [-0.25, -0.2) is 0 Å². The second kappa shape index (κ2) is 6.93. The molecule has 6 nitrogen and oxygen atoms in total. The molecule has 1 amide bonds. The van der Waals surface area contributed by atoms with E-state index >= 15 is 0 Å². The zero-order valence-electron chi connectivity index (χ0n) is 14.3. The predicted molar refractivity (Wildman–Crippen MR) is 96.8 cm³/mol. The van der Waals surface area contributed by atoms with Crippen molar-refractivity contribution < 1.29 is 9.72 Å². The molecule has 1 atom stereocenters. The zero-order valence-corrected chi connectivity index (χ0v) is 14.3. The van der Waals surface area contributed by atoms with Crippen LogP contribution in [0.3, 0.4) is 0 Å². The Hall–Kier alpha value is -2.89. The number of nitrogens with one attached hydrogen (secondary N) is 2. The molecule has 2 aromatic rings. The van der Waals surface area contributed by atoms with Crippen molar-refractivity contribution in [1.29, 1.82) is 0 Å². The number of nitro benzene ring substituents is 1. The van der Waals surface area contributed by atoms with E-state index in [-0.39, 0.29) is 23.2 Å². The van der Waals surface area contributed by atoms with E-state index in [1.807, 2.05) is 38.1 Å². The van der Waals surface area contributed by atoms with Crippen LogP contribution in [0.2, 0.25) is 0 Å². The number of aryl methyl sites for hydroxylation is 1. The van der Waals surface area contributed by atoms with Gasteiger partial charge in [0, 0.05) is 17.7 Å². The molecule has 2 N–H and O–H groups in total. The number of nitrogens with zero attached hydrogens (tertiary/aromatic N) is 1. The number of carbonyl (C=O) groups excluding carboxylic acids is 1. The van der Waals surface area contributed by atoms with Crippen LogP contribution in [0.25, 0.3) is 0 Å². The van der Waals surface area contributed by atoms with Crippen molar-refractivity contribution in [3.63, 3.8) is 0 Å². The summed E-state index contributed by atoms with van der Waals surface area (Å²) in [6, 6.07) is 12.5. The Morgan fingerprint density at radius 3 is 2.60 bits per heavy atom. The van der Waals surface area contributed by atoms with Crippen molar-refractivity contribution in [1.82, 2.24) is 5.32 Å². The minimum Gasteiger partial charge on any atom is -0.377 e. The number of hydrogen-bond donors (Lipinski definition) is 2. The van der Waals surface area contributed by atoms with Gasteiger partial charge in [0.2, 0.25) is 0 Å². The van der Waals surface area contributed by atoms with Crippen LogP contribution in [0.5, 0.6) is 0 Å². The van der Waals surface area contributed by atoms with Crippen molar-refractivity contribution in [2.75, 3.05) is 5.32 Å². The molecule has 0 aliphatic heterocycles. The van der Waals surface area contributed by atoms with E-state index in [2.05, 4.69) is 10.6 Å². The minimum atomic E-state index is -0.452. The lowest BCUT2D eigenvalue weighted by Crippen LogP contribution is -2.27. The summed E-state index contributed by atoms with van der Waals surface area (Å²) in [5.41, 5.74) is 2.80. The van der Waals surface area contributed by atoms with Crippen LogP contribution in [-0.2, 0) is 0 Å². The SMILES string of the molecule is Cc1ccccc1C(C)NC(=O)c1ccc(NC2CC2)c([N+](=O)[O-])c1. The summed E-state index contributed by atoms with van der Waals surface area (Å²) in [5, 5.41) is 17.4. The van der Waals surface area contributed by atoms with Crippen molar-refractivity contribution >= 4 is 17.3 Å². The number of anilines is 1. The van der Waals surface area contributed by atoms with Crippen LogP contribution in [0.4, 0.5) is 11.4 Å². The highest BCUT2D eigenvalue weighted by Gasteiger charge is 2.25. The average molecular weight is 339 g/mol. The van der Waals surface area contributed by atoms with Crippen LogP contribution >= 0.6 is 0 Å². The topological polar surface area (TPSA) is 84.3 Å². The lowest BCUT2D eigenvalue weighted by molar-refractivity contribution is -0.384. The number of amides is 1. The van der Waals surface area contributed by atoms with Gasteiger partial charge < -0.3 is 10.6 Å². The second-order valence-corrected chi connectivity index (χ2v) is 6.46. The Bertz CT molecular complexity index is 815. The molecule has 1 saturated carbocycles. The first-order valence-corrected chi connectivity index (χ1v) is 8.37. The van der Waals surface area contributed by atoms with Crippen molar-refractivity contribution in [3.05, 3.63) is 69.3 Å². The highest BCUT2D eigenvalue weighted by Crippen LogP contribution is 2.31. The van der Waals surface area contributed by atoms with Crippen molar-refractivity contribution in [2.24, 2.45) is 0 Å². The number of benzene rings is 2. The summed E-state index contributed by atoms with van der Waals surface area (Å²) in [4.78, 5) is 23.4. The third-order valence-electron chi connectivity index (χ3n) is 4.40. The van der Waals surface area contributed by atoms with Gasteiger partial charge in [-0.15, -0.1) is 0 Å². The first-order chi connectivity index (χ1) is 12.0. The Balaban J connectivity index is 1.78. The Morgan fingerprint density at radius 1 is 1.24 bits per heavy atom. The summed E-state index contributed by atoms with van der Waals surface area (Å²) in [5.74, 6) is -0.322. The average Bonchev–Trinajstić information content (AvgIpc) is 3.39. The van der Waals surface area contributed by atoms with E-state index in [1.54, 1.807) is 12.1 Å². The predicted octanol–water partition coefficient (Wildman–Crippen LogP) is 3.97. The molecule has 0 heterocycles. The fraction of sp³-hybridized carbons (Fsp3) is 0.316.